The molecule has 0 saturated heterocycles. The molecule has 2 aromatic heterocycles. The lowest BCUT2D eigenvalue weighted by Crippen LogP contribution is -2.42. The van der Waals surface area contributed by atoms with Gasteiger partial charge in [-0.05, 0) is 12.1 Å². The van der Waals surface area contributed by atoms with Crippen molar-refractivity contribution in [2.45, 2.75) is 0 Å². The van der Waals surface area contributed by atoms with Crippen LogP contribution >= 0.6 is 0 Å². The topological polar surface area (TPSA) is 72.9 Å². The monoisotopic (exact) mass is 287 g/mol. The van der Waals surface area contributed by atoms with Crippen LogP contribution in [0.5, 0.6) is 11.8 Å². The Morgan fingerprint density at radius 1 is 1.10 bits per heavy atom. The van der Waals surface area contributed by atoms with Gasteiger partial charge in [-0.2, -0.15) is 9.55 Å². The number of para-hydroxylation sites is 1. The number of nitrogens with one attached hydrogen (secondary N) is 1. The van der Waals surface area contributed by atoms with Gasteiger partial charge in [0.1, 0.15) is 5.75 Å². The average Bonchev–Trinajstić information content (AvgIpc) is 2.81. The predicted octanol–water partition coefficient (Wildman–Crippen LogP) is 0.182. The van der Waals surface area contributed by atoms with Gasteiger partial charge in [-0.3, -0.25) is 13.9 Å². The van der Waals surface area contributed by atoms with E-state index in [4.69, 9.17) is 4.74 Å². The normalized spacial score (nSPS) is 11.0. The highest BCUT2D eigenvalue weighted by Gasteiger charge is 2.24. The summed E-state index contributed by atoms with van der Waals surface area (Å²) in [5.41, 5.74) is 0.0532. The van der Waals surface area contributed by atoms with Gasteiger partial charge in [0.05, 0.1) is 7.05 Å². The van der Waals surface area contributed by atoms with Crippen molar-refractivity contribution >= 4 is 11.2 Å². The summed E-state index contributed by atoms with van der Waals surface area (Å²) in [4.78, 5) is 27.2. The van der Waals surface area contributed by atoms with Crippen LogP contribution in [0.25, 0.3) is 11.2 Å². The lowest BCUT2D eigenvalue weighted by Gasteiger charge is -1.99. The van der Waals surface area contributed by atoms with Crippen molar-refractivity contribution < 1.29 is 9.30 Å². The third-order valence-electron chi connectivity index (χ3n) is 3.46. The lowest BCUT2D eigenvalue weighted by atomic mass is 10.3. The molecule has 0 aliphatic rings. The van der Waals surface area contributed by atoms with E-state index in [0.29, 0.717) is 22.9 Å². The minimum atomic E-state index is -0.388. The second kappa shape index (κ2) is 4.62. The van der Waals surface area contributed by atoms with E-state index < -0.39 is 0 Å². The number of imidazole rings is 1. The van der Waals surface area contributed by atoms with Gasteiger partial charge in [0, 0.05) is 14.1 Å². The van der Waals surface area contributed by atoms with E-state index in [9.17, 15) is 9.59 Å². The van der Waals surface area contributed by atoms with Crippen LogP contribution in [0.3, 0.4) is 0 Å². The van der Waals surface area contributed by atoms with Gasteiger partial charge >= 0.3 is 17.3 Å². The molecule has 21 heavy (non-hydrogen) atoms. The molecule has 0 amide bonds. The van der Waals surface area contributed by atoms with Crippen LogP contribution in [-0.4, -0.2) is 14.1 Å². The molecule has 1 aromatic carbocycles. The predicted molar refractivity (Wildman–Crippen MR) is 76.5 cm³/mol. The summed E-state index contributed by atoms with van der Waals surface area (Å²) < 4.78 is 9.78. The first-order valence-corrected chi connectivity index (χ1v) is 6.41. The van der Waals surface area contributed by atoms with E-state index in [1.54, 1.807) is 18.7 Å². The standard InChI is InChI=1S/C14H14N4O3/c1-16-10-11(17(2)14(20)18(3)12(10)19)15-13(16)21-9-7-5-4-6-8-9/h4-8H,1-3H3/p+1. The Bertz CT molecular complexity index is 935. The molecule has 7 nitrogen and oxygen atoms in total. The highest BCUT2D eigenvalue weighted by atomic mass is 16.5. The fourth-order valence-corrected chi connectivity index (χ4v) is 2.25. The number of rotatable bonds is 2. The highest BCUT2D eigenvalue weighted by molar-refractivity contribution is 5.66. The Morgan fingerprint density at radius 3 is 2.43 bits per heavy atom. The van der Waals surface area contributed by atoms with Crippen molar-refractivity contribution in [1.82, 2.24) is 14.1 Å². The molecule has 3 rings (SSSR count). The molecular formula is C14H15N4O3+. The number of aryl methyl sites for hydroxylation is 2. The maximum atomic E-state index is 12.2. The van der Waals surface area contributed by atoms with Crippen LogP contribution in [0.15, 0.2) is 39.9 Å². The molecule has 0 aliphatic heterocycles. The van der Waals surface area contributed by atoms with E-state index in [1.807, 2.05) is 30.3 Å². The van der Waals surface area contributed by atoms with Gasteiger partial charge in [0.15, 0.2) is 0 Å². The first-order valence-electron chi connectivity index (χ1n) is 6.41. The maximum Gasteiger partial charge on any atom is 0.461 e. The van der Waals surface area contributed by atoms with Gasteiger partial charge in [0.25, 0.3) is 11.2 Å². The minimum absolute atomic E-state index is 0.366. The maximum absolute atomic E-state index is 12.2. The number of nitrogens with zero attached hydrogens (tertiary/aromatic N) is 3. The van der Waals surface area contributed by atoms with Crippen molar-refractivity contribution in [2.24, 2.45) is 21.1 Å². The fraction of sp³-hybridized carbons (Fsp3) is 0.214. The summed E-state index contributed by atoms with van der Waals surface area (Å²) in [5, 5.41) is 0. The van der Waals surface area contributed by atoms with Gasteiger partial charge < -0.3 is 4.74 Å². The van der Waals surface area contributed by atoms with Crippen molar-refractivity contribution in [2.75, 3.05) is 0 Å². The van der Waals surface area contributed by atoms with Gasteiger partial charge in [-0.15, -0.1) is 0 Å². The first-order chi connectivity index (χ1) is 10.0. The Hall–Kier alpha value is -2.83. The van der Waals surface area contributed by atoms with Crippen molar-refractivity contribution in [3.8, 4) is 11.8 Å². The summed E-state index contributed by atoms with van der Waals surface area (Å²) >= 11 is 0. The van der Waals surface area contributed by atoms with E-state index in [-0.39, 0.29) is 11.2 Å². The zero-order valence-electron chi connectivity index (χ0n) is 12.0. The summed E-state index contributed by atoms with van der Waals surface area (Å²) in [6.45, 7) is 0. The average molecular weight is 287 g/mol. The van der Waals surface area contributed by atoms with E-state index in [1.165, 1.54) is 11.6 Å². The number of hydrogen-bond acceptors (Lipinski definition) is 3. The molecule has 1 N–H and O–H groups in total. The zero-order valence-corrected chi connectivity index (χ0v) is 12.0. The molecule has 0 fully saturated rings. The third kappa shape index (κ3) is 1.94. The Balaban J connectivity index is 2.26. The van der Waals surface area contributed by atoms with E-state index in [2.05, 4.69) is 4.98 Å². The number of aromatic nitrogens is 4. The second-order valence-electron chi connectivity index (χ2n) is 4.81. The summed E-state index contributed by atoms with van der Waals surface area (Å²) in [7, 11) is 4.77. The number of hydrogen-bond donors (Lipinski definition) is 1. The van der Waals surface area contributed by atoms with Gasteiger partial charge in [-0.1, -0.05) is 18.2 Å². The summed E-state index contributed by atoms with van der Waals surface area (Å²) in [6.07, 6.45) is 0. The number of benzene rings is 1. The van der Waals surface area contributed by atoms with Crippen molar-refractivity contribution in [3.05, 3.63) is 51.2 Å². The summed E-state index contributed by atoms with van der Waals surface area (Å²) in [5.74, 6) is 0.640. The molecule has 0 bridgehead atoms. The zero-order chi connectivity index (χ0) is 15.1. The Morgan fingerprint density at radius 2 is 1.76 bits per heavy atom. The van der Waals surface area contributed by atoms with Crippen LogP contribution in [0, 0.1) is 0 Å². The molecular weight excluding hydrogens is 272 g/mol. The SMILES string of the molecule is Cn1c(=O)c2c([nH]c(Oc3ccccc3)[n+]2C)n(C)c1=O. The summed E-state index contributed by atoms with van der Waals surface area (Å²) in [6, 6.07) is 9.59. The molecule has 7 heteroatoms. The molecule has 3 aromatic rings. The molecule has 0 spiro atoms. The first kappa shape index (κ1) is 13.2. The van der Waals surface area contributed by atoms with Crippen LogP contribution < -0.4 is 20.6 Å². The van der Waals surface area contributed by atoms with Crippen LogP contribution in [0.2, 0.25) is 0 Å². The molecule has 0 atom stereocenters. The van der Waals surface area contributed by atoms with Crippen LogP contribution in [-0.2, 0) is 21.1 Å². The molecule has 0 aliphatic carbocycles. The second-order valence-corrected chi connectivity index (χ2v) is 4.81. The third-order valence-corrected chi connectivity index (χ3v) is 3.46. The molecule has 0 saturated carbocycles. The number of ether oxygens (including phenoxy) is 1. The largest absolute Gasteiger partial charge is 0.461 e. The van der Waals surface area contributed by atoms with Gasteiger partial charge in [0.2, 0.25) is 0 Å². The Kier molecular flexibility index (Phi) is 2.90. The minimum Gasteiger partial charge on any atom is -0.392 e. The Labute approximate surface area is 119 Å². The van der Waals surface area contributed by atoms with Crippen molar-refractivity contribution in [3.63, 3.8) is 0 Å². The lowest BCUT2D eigenvalue weighted by molar-refractivity contribution is -0.650. The smallest absolute Gasteiger partial charge is 0.392 e. The van der Waals surface area contributed by atoms with E-state index >= 15 is 0 Å². The van der Waals surface area contributed by atoms with Gasteiger partial charge in [-0.25, -0.2) is 4.79 Å². The number of aromatic amines is 1. The van der Waals surface area contributed by atoms with Crippen LogP contribution in [0.1, 0.15) is 0 Å². The number of H-pyrrole nitrogens is 1. The molecule has 2 heterocycles. The highest BCUT2D eigenvalue weighted by Crippen LogP contribution is 2.17. The fourth-order valence-electron chi connectivity index (χ4n) is 2.25. The van der Waals surface area contributed by atoms with Crippen LogP contribution in [0.4, 0.5) is 0 Å². The number of fused-ring (bicyclic) bond motifs is 1. The van der Waals surface area contributed by atoms with E-state index in [0.717, 1.165) is 4.57 Å². The quantitative estimate of drug-likeness (QED) is 0.683. The molecule has 0 radical (unpaired) electrons. The molecule has 108 valence electrons. The van der Waals surface area contributed by atoms with Crippen molar-refractivity contribution in [1.29, 1.82) is 0 Å². The molecule has 0 unspecified atom stereocenters.